The topological polar surface area (TPSA) is 60.9 Å². The number of thiophene rings is 1. The Bertz CT molecular complexity index is 637. The van der Waals surface area contributed by atoms with Crippen molar-refractivity contribution < 1.29 is 14.4 Å². The van der Waals surface area contributed by atoms with Crippen molar-refractivity contribution in [1.82, 2.24) is 14.7 Å². The van der Waals surface area contributed by atoms with Crippen LogP contribution in [0.3, 0.4) is 0 Å². The summed E-state index contributed by atoms with van der Waals surface area (Å²) in [6, 6.07) is 1.59. The fraction of sp³-hybridized carbons (Fsp3) is 0.500. The van der Waals surface area contributed by atoms with Gasteiger partial charge in [0.05, 0.1) is 6.67 Å². The van der Waals surface area contributed by atoms with Gasteiger partial charge in [0.25, 0.3) is 0 Å². The summed E-state index contributed by atoms with van der Waals surface area (Å²) < 4.78 is 0. The van der Waals surface area contributed by atoms with E-state index in [1.54, 1.807) is 11.3 Å². The van der Waals surface area contributed by atoms with Crippen molar-refractivity contribution in [2.75, 3.05) is 13.2 Å². The molecule has 6 nitrogen and oxygen atoms in total. The first kappa shape index (κ1) is 13.0. The maximum Gasteiger partial charge on any atom is 0.335 e. The normalized spacial score (nSPS) is 23.1. The minimum Gasteiger partial charge on any atom is -0.281 e. The van der Waals surface area contributed by atoms with Crippen molar-refractivity contribution in [3.63, 3.8) is 0 Å². The molecule has 4 rings (SSSR count). The van der Waals surface area contributed by atoms with Crippen LogP contribution in [0.4, 0.5) is 4.79 Å². The van der Waals surface area contributed by atoms with Gasteiger partial charge in [-0.1, -0.05) is 0 Å². The highest BCUT2D eigenvalue weighted by Gasteiger charge is 2.51. The number of imide groups is 2. The minimum atomic E-state index is -0.678. The average Bonchev–Trinajstić information content (AvgIpc) is 3.15. The van der Waals surface area contributed by atoms with Gasteiger partial charge >= 0.3 is 17.8 Å². The molecule has 0 atom stereocenters. The molecular formula is C14H15N3O3S. The number of amides is 4. The lowest BCUT2D eigenvalue weighted by Gasteiger charge is -2.29. The fourth-order valence-electron chi connectivity index (χ4n) is 2.93. The van der Waals surface area contributed by atoms with Gasteiger partial charge in [0.2, 0.25) is 0 Å². The average molecular weight is 305 g/mol. The molecule has 7 heteroatoms. The molecule has 1 aromatic rings. The van der Waals surface area contributed by atoms with Crippen molar-refractivity contribution in [2.45, 2.75) is 31.8 Å². The first-order valence-electron chi connectivity index (χ1n) is 7.12. The van der Waals surface area contributed by atoms with E-state index in [1.807, 2.05) is 0 Å². The molecule has 1 aliphatic carbocycles. The van der Waals surface area contributed by atoms with Crippen LogP contribution in [0.2, 0.25) is 0 Å². The Morgan fingerprint density at radius 3 is 2.76 bits per heavy atom. The zero-order valence-corrected chi connectivity index (χ0v) is 12.3. The third-order valence-corrected chi connectivity index (χ3v) is 5.25. The number of carbonyl (C=O) groups excluding carboxylic acids is 3. The maximum absolute atomic E-state index is 12.3. The molecule has 1 saturated carbocycles. The molecule has 4 amide bonds. The SMILES string of the molecule is O=C1C(=O)N(C2CC2)C(=O)N1CN1CCc2sccc2C1. The number of urea groups is 1. The molecular weight excluding hydrogens is 290 g/mol. The number of fused-ring (bicyclic) bond motifs is 1. The Balaban J connectivity index is 1.49. The lowest BCUT2D eigenvalue weighted by atomic mass is 10.1. The molecule has 0 radical (unpaired) electrons. The van der Waals surface area contributed by atoms with Crippen LogP contribution in [0.5, 0.6) is 0 Å². The highest BCUT2D eigenvalue weighted by molar-refractivity contribution is 7.10. The first-order valence-corrected chi connectivity index (χ1v) is 8.00. The number of hydrogen-bond donors (Lipinski definition) is 0. The molecule has 2 fully saturated rings. The quantitative estimate of drug-likeness (QED) is 0.618. The molecule has 0 N–H and O–H groups in total. The molecule has 0 bridgehead atoms. The molecule has 0 aromatic carbocycles. The lowest BCUT2D eigenvalue weighted by Crippen LogP contribution is -2.44. The van der Waals surface area contributed by atoms with E-state index in [2.05, 4.69) is 16.3 Å². The van der Waals surface area contributed by atoms with E-state index in [-0.39, 0.29) is 12.7 Å². The summed E-state index contributed by atoms with van der Waals surface area (Å²) in [5.74, 6) is -1.33. The highest BCUT2D eigenvalue weighted by atomic mass is 32.1. The van der Waals surface area contributed by atoms with E-state index in [0.29, 0.717) is 0 Å². The summed E-state index contributed by atoms with van der Waals surface area (Å²) >= 11 is 1.75. The van der Waals surface area contributed by atoms with Gasteiger partial charge in [0.15, 0.2) is 0 Å². The summed E-state index contributed by atoms with van der Waals surface area (Å²) in [4.78, 5) is 41.8. The number of rotatable bonds is 3. The van der Waals surface area contributed by atoms with Gasteiger partial charge in [0.1, 0.15) is 0 Å². The van der Waals surface area contributed by atoms with Crippen molar-refractivity contribution >= 4 is 29.2 Å². The maximum atomic E-state index is 12.3. The summed E-state index contributed by atoms with van der Waals surface area (Å²) in [6.07, 6.45) is 2.57. The highest BCUT2D eigenvalue weighted by Crippen LogP contribution is 2.31. The summed E-state index contributed by atoms with van der Waals surface area (Å²) in [7, 11) is 0. The smallest absolute Gasteiger partial charge is 0.281 e. The summed E-state index contributed by atoms with van der Waals surface area (Å²) in [5, 5.41) is 2.07. The third kappa shape index (κ3) is 2.08. The third-order valence-electron chi connectivity index (χ3n) is 4.22. The second-order valence-corrected chi connectivity index (χ2v) is 6.74. The Hall–Kier alpha value is -1.73. The molecule has 3 aliphatic rings. The number of nitrogens with zero attached hydrogens (tertiary/aromatic N) is 3. The van der Waals surface area contributed by atoms with Crippen molar-refractivity contribution in [1.29, 1.82) is 0 Å². The Morgan fingerprint density at radius 1 is 1.19 bits per heavy atom. The molecule has 0 spiro atoms. The fourth-order valence-corrected chi connectivity index (χ4v) is 3.82. The van der Waals surface area contributed by atoms with Crippen LogP contribution in [0, 0.1) is 0 Å². The van der Waals surface area contributed by atoms with E-state index >= 15 is 0 Å². The predicted octanol–water partition coefficient (Wildman–Crippen LogP) is 1.02. The van der Waals surface area contributed by atoms with Gasteiger partial charge in [-0.2, -0.15) is 0 Å². The van der Waals surface area contributed by atoms with Gasteiger partial charge in [0, 0.05) is 24.0 Å². The zero-order chi connectivity index (χ0) is 14.6. The number of carbonyl (C=O) groups is 3. The van der Waals surface area contributed by atoms with Crippen LogP contribution in [-0.2, 0) is 22.6 Å². The molecule has 3 heterocycles. The molecule has 110 valence electrons. The van der Waals surface area contributed by atoms with Crippen LogP contribution in [-0.4, -0.2) is 51.8 Å². The van der Waals surface area contributed by atoms with Crippen molar-refractivity contribution in [3.05, 3.63) is 21.9 Å². The van der Waals surface area contributed by atoms with E-state index < -0.39 is 17.8 Å². The van der Waals surface area contributed by atoms with Crippen LogP contribution in [0.15, 0.2) is 11.4 Å². The molecule has 21 heavy (non-hydrogen) atoms. The standard InChI is InChI=1S/C14H15N3O3S/c18-12-13(19)17(10-1-2-10)14(20)16(12)8-15-5-3-11-9(7-15)4-6-21-11/h4,6,10H,1-3,5,7-8H2. The van der Waals surface area contributed by atoms with Gasteiger partial charge in [-0.15, -0.1) is 11.3 Å². The predicted molar refractivity (Wildman–Crippen MR) is 75.4 cm³/mol. The molecule has 1 saturated heterocycles. The second kappa shape index (κ2) is 4.64. The number of hydrogen-bond acceptors (Lipinski definition) is 5. The van der Waals surface area contributed by atoms with E-state index in [9.17, 15) is 14.4 Å². The monoisotopic (exact) mass is 305 g/mol. The lowest BCUT2D eigenvalue weighted by molar-refractivity contribution is -0.144. The summed E-state index contributed by atoms with van der Waals surface area (Å²) in [6.45, 7) is 1.75. The van der Waals surface area contributed by atoms with Crippen LogP contribution >= 0.6 is 11.3 Å². The molecule has 1 aromatic heterocycles. The summed E-state index contributed by atoms with van der Waals surface area (Å²) in [5.41, 5.74) is 1.26. The van der Waals surface area contributed by atoms with Crippen LogP contribution in [0.1, 0.15) is 23.3 Å². The zero-order valence-electron chi connectivity index (χ0n) is 11.4. The molecule has 0 unspecified atom stereocenters. The Morgan fingerprint density at radius 2 is 2.00 bits per heavy atom. The Labute approximate surface area is 125 Å². The van der Waals surface area contributed by atoms with E-state index in [0.717, 1.165) is 42.2 Å². The van der Waals surface area contributed by atoms with Crippen molar-refractivity contribution in [3.8, 4) is 0 Å². The van der Waals surface area contributed by atoms with Gasteiger partial charge in [-0.25, -0.2) is 9.69 Å². The second-order valence-electron chi connectivity index (χ2n) is 5.74. The first-order chi connectivity index (χ1) is 10.1. The Kier molecular flexibility index (Phi) is 2.87. The van der Waals surface area contributed by atoms with Crippen molar-refractivity contribution in [2.24, 2.45) is 0 Å². The largest absolute Gasteiger partial charge is 0.335 e. The van der Waals surface area contributed by atoms with E-state index in [1.165, 1.54) is 10.4 Å². The van der Waals surface area contributed by atoms with Crippen LogP contribution < -0.4 is 0 Å². The van der Waals surface area contributed by atoms with Crippen LogP contribution in [0.25, 0.3) is 0 Å². The minimum absolute atomic E-state index is 0.0521. The van der Waals surface area contributed by atoms with E-state index in [4.69, 9.17) is 0 Å². The molecule has 2 aliphatic heterocycles. The van der Waals surface area contributed by atoms with Gasteiger partial charge in [-0.3, -0.25) is 19.4 Å². The van der Waals surface area contributed by atoms with Gasteiger partial charge < -0.3 is 0 Å². The van der Waals surface area contributed by atoms with Gasteiger partial charge in [-0.05, 0) is 36.3 Å².